The van der Waals surface area contributed by atoms with E-state index in [0.29, 0.717) is 6.42 Å². The fourth-order valence-corrected chi connectivity index (χ4v) is 2.27. The molecule has 1 N–H and O–H groups in total. The number of benzene rings is 1. The molecule has 2 rings (SSSR count). The highest BCUT2D eigenvalue weighted by molar-refractivity contribution is 5.89. The predicted octanol–water partition coefficient (Wildman–Crippen LogP) is 1.89. The Hall–Kier alpha value is -2.64. The number of hydrogen-bond donors (Lipinski definition) is 1. The molecule has 0 spiro atoms. The molecule has 1 amide bonds. The number of rotatable bonds is 3. The fraction of sp³-hybridized carbons (Fsp3) is 0.385. The second-order valence-electron chi connectivity index (χ2n) is 4.85. The first-order valence-corrected chi connectivity index (χ1v) is 6.33. The van der Waals surface area contributed by atoms with E-state index in [2.05, 4.69) is 0 Å². The van der Waals surface area contributed by atoms with Crippen molar-refractivity contribution in [3.05, 3.63) is 39.9 Å². The van der Waals surface area contributed by atoms with Crippen LogP contribution in [0.1, 0.15) is 23.7 Å². The topological polar surface area (TPSA) is 110 Å². The molecule has 0 radical (unpaired) electrons. The molecule has 1 aliphatic heterocycles. The highest BCUT2D eigenvalue weighted by Crippen LogP contribution is 2.21. The van der Waals surface area contributed by atoms with Crippen LogP contribution in [0.4, 0.5) is 10.5 Å². The molecule has 1 saturated heterocycles. The molecule has 8 nitrogen and oxygen atoms in total. The number of hydrogen-bond acceptors (Lipinski definition) is 5. The van der Waals surface area contributed by atoms with Crippen molar-refractivity contribution in [2.24, 2.45) is 0 Å². The van der Waals surface area contributed by atoms with E-state index in [0.717, 1.165) is 0 Å². The second-order valence-corrected chi connectivity index (χ2v) is 4.85. The molecule has 1 aromatic rings. The summed E-state index contributed by atoms with van der Waals surface area (Å²) in [4.78, 5) is 34.0. The van der Waals surface area contributed by atoms with E-state index in [1.807, 2.05) is 0 Å². The minimum Gasteiger partial charge on any atom is -0.465 e. The van der Waals surface area contributed by atoms with E-state index < -0.39 is 23.1 Å². The van der Waals surface area contributed by atoms with Gasteiger partial charge in [0.15, 0.2) is 0 Å². The van der Waals surface area contributed by atoms with E-state index in [9.17, 15) is 19.7 Å². The van der Waals surface area contributed by atoms with Crippen molar-refractivity contribution in [3.8, 4) is 0 Å². The smallest absolute Gasteiger partial charge is 0.407 e. The molecule has 21 heavy (non-hydrogen) atoms. The van der Waals surface area contributed by atoms with Gasteiger partial charge in [-0.2, -0.15) is 0 Å². The summed E-state index contributed by atoms with van der Waals surface area (Å²) in [5.41, 5.74) is 0.0834. The number of likely N-dealkylation sites (tertiary alicyclic amines) is 1. The van der Waals surface area contributed by atoms with Gasteiger partial charge in [0.25, 0.3) is 5.69 Å². The standard InChI is InChI=1S/C13H14N2O6/c1-8-6-11(7-14(8)13(17)18)21-12(16)9-2-4-10(5-3-9)15(19)20/h2-5,8,11H,6-7H2,1H3,(H,17,18). The van der Waals surface area contributed by atoms with Crippen molar-refractivity contribution in [3.63, 3.8) is 0 Å². The Labute approximate surface area is 120 Å². The molecule has 1 aromatic carbocycles. The Kier molecular flexibility index (Phi) is 4.06. The van der Waals surface area contributed by atoms with Crippen LogP contribution in [0.2, 0.25) is 0 Å². The third-order valence-corrected chi connectivity index (χ3v) is 3.37. The van der Waals surface area contributed by atoms with Crippen LogP contribution < -0.4 is 0 Å². The minimum absolute atomic E-state index is 0.113. The molecule has 0 aliphatic carbocycles. The summed E-state index contributed by atoms with van der Waals surface area (Å²) in [6.07, 6.45) is -1.11. The normalized spacial score (nSPS) is 21.1. The van der Waals surface area contributed by atoms with E-state index >= 15 is 0 Å². The Morgan fingerprint density at radius 3 is 2.48 bits per heavy atom. The molecule has 1 fully saturated rings. The first-order valence-electron chi connectivity index (χ1n) is 6.33. The maximum Gasteiger partial charge on any atom is 0.407 e. The number of carbonyl (C=O) groups is 2. The van der Waals surface area contributed by atoms with Gasteiger partial charge in [0.2, 0.25) is 0 Å². The molecular weight excluding hydrogens is 280 g/mol. The van der Waals surface area contributed by atoms with Gasteiger partial charge in [-0.1, -0.05) is 0 Å². The van der Waals surface area contributed by atoms with Crippen molar-refractivity contribution >= 4 is 17.7 Å². The molecule has 0 aromatic heterocycles. The SMILES string of the molecule is CC1CC(OC(=O)c2ccc([N+](=O)[O-])cc2)CN1C(=O)O. The Morgan fingerprint density at radius 2 is 2.00 bits per heavy atom. The molecule has 8 heteroatoms. The van der Waals surface area contributed by atoms with Gasteiger partial charge in [-0.05, 0) is 19.1 Å². The molecule has 112 valence electrons. The zero-order valence-corrected chi connectivity index (χ0v) is 11.3. The number of non-ortho nitro benzene ring substituents is 1. The summed E-state index contributed by atoms with van der Waals surface area (Å²) in [6.45, 7) is 1.88. The monoisotopic (exact) mass is 294 g/mol. The van der Waals surface area contributed by atoms with Crippen LogP contribution in [0.15, 0.2) is 24.3 Å². The summed E-state index contributed by atoms with van der Waals surface area (Å²) in [7, 11) is 0. The first-order chi connectivity index (χ1) is 9.88. The van der Waals surface area contributed by atoms with Gasteiger partial charge in [-0.25, -0.2) is 9.59 Å². The van der Waals surface area contributed by atoms with E-state index in [-0.39, 0.29) is 23.8 Å². The molecule has 1 heterocycles. The third kappa shape index (κ3) is 3.28. The lowest BCUT2D eigenvalue weighted by Crippen LogP contribution is -2.33. The highest BCUT2D eigenvalue weighted by Gasteiger charge is 2.34. The average Bonchev–Trinajstić information content (AvgIpc) is 2.79. The number of carboxylic acid groups (broad SMARTS) is 1. The molecule has 2 atom stereocenters. The Bertz CT molecular complexity index is 571. The molecule has 0 saturated carbocycles. The van der Waals surface area contributed by atoms with Gasteiger partial charge in [-0.3, -0.25) is 10.1 Å². The van der Waals surface area contributed by atoms with E-state index in [4.69, 9.17) is 9.84 Å². The first kappa shape index (κ1) is 14.8. The van der Waals surface area contributed by atoms with Crippen molar-refractivity contribution in [2.45, 2.75) is 25.5 Å². The van der Waals surface area contributed by atoms with E-state index in [1.165, 1.54) is 29.2 Å². The summed E-state index contributed by atoms with van der Waals surface area (Å²) in [5.74, 6) is -0.616. The van der Waals surface area contributed by atoms with Crippen molar-refractivity contribution in [2.75, 3.05) is 6.54 Å². The quantitative estimate of drug-likeness (QED) is 0.518. The van der Waals surface area contributed by atoms with Crippen molar-refractivity contribution in [1.29, 1.82) is 0 Å². The molecule has 2 unspecified atom stereocenters. The zero-order chi connectivity index (χ0) is 15.6. The van der Waals surface area contributed by atoms with Gasteiger partial charge in [0.1, 0.15) is 6.10 Å². The largest absolute Gasteiger partial charge is 0.465 e. The third-order valence-electron chi connectivity index (χ3n) is 3.37. The van der Waals surface area contributed by atoms with Crippen LogP contribution >= 0.6 is 0 Å². The van der Waals surface area contributed by atoms with Crippen molar-refractivity contribution < 1.29 is 24.4 Å². The van der Waals surface area contributed by atoms with Crippen LogP contribution in [0.3, 0.4) is 0 Å². The second kappa shape index (κ2) is 5.78. The summed E-state index contributed by atoms with van der Waals surface area (Å²) < 4.78 is 5.23. The Morgan fingerprint density at radius 1 is 1.38 bits per heavy atom. The van der Waals surface area contributed by atoms with Crippen molar-refractivity contribution in [1.82, 2.24) is 4.90 Å². The van der Waals surface area contributed by atoms with Crippen LogP contribution in [-0.2, 0) is 4.74 Å². The summed E-state index contributed by atoms with van der Waals surface area (Å²) in [6, 6.07) is 4.85. The van der Waals surface area contributed by atoms with Crippen LogP contribution in [0.25, 0.3) is 0 Å². The molecule has 1 aliphatic rings. The van der Waals surface area contributed by atoms with Gasteiger partial charge >= 0.3 is 12.1 Å². The average molecular weight is 294 g/mol. The number of ether oxygens (including phenoxy) is 1. The predicted molar refractivity (Wildman–Crippen MR) is 71.1 cm³/mol. The van der Waals surface area contributed by atoms with Crippen LogP contribution in [0, 0.1) is 10.1 Å². The number of esters is 1. The van der Waals surface area contributed by atoms with Crippen LogP contribution in [-0.4, -0.2) is 45.7 Å². The van der Waals surface area contributed by atoms with Gasteiger partial charge in [-0.15, -0.1) is 0 Å². The summed E-state index contributed by atoms with van der Waals surface area (Å²) in [5, 5.41) is 19.5. The number of carbonyl (C=O) groups excluding carboxylic acids is 1. The number of nitro groups is 1. The van der Waals surface area contributed by atoms with Gasteiger partial charge in [0.05, 0.1) is 17.0 Å². The zero-order valence-electron chi connectivity index (χ0n) is 11.3. The molecular formula is C13H14N2O6. The lowest BCUT2D eigenvalue weighted by Gasteiger charge is -2.16. The number of nitro benzene ring substituents is 1. The molecule has 0 bridgehead atoms. The highest BCUT2D eigenvalue weighted by atomic mass is 16.6. The maximum atomic E-state index is 11.9. The van der Waals surface area contributed by atoms with Gasteiger partial charge in [0, 0.05) is 24.6 Å². The fourth-order valence-electron chi connectivity index (χ4n) is 2.27. The summed E-state index contributed by atoms with van der Waals surface area (Å²) >= 11 is 0. The van der Waals surface area contributed by atoms with E-state index in [1.54, 1.807) is 6.92 Å². The Balaban J connectivity index is 1.99. The lowest BCUT2D eigenvalue weighted by molar-refractivity contribution is -0.384. The van der Waals surface area contributed by atoms with Crippen LogP contribution in [0.5, 0.6) is 0 Å². The lowest BCUT2D eigenvalue weighted by atomic mass is 10.2. The number of amides is 1. The van der Waals surface area contributed by atoms with Gasteiger partial charge < -0.3 is 14.7 Å². The minimum atomic E-state index is -1.05. The maximum absolute atomic E-state index is 11.9. The number of nitrogens with zero attached hydrogens (tertiary/aromatic N) is 2.